The van der Waals surface area contributed by atoms with Crippen molar-refractivity contribution in [2.45, 2.75) is 26.4 Å². The minimum absolute atomic E-state index is 0. The fourth-order valence-electron chi connectivity index (χ4n) is 1.86. The molecule has 0 aromatic heterocycles. The molecule has 0 spiro atoms. The van der Waals surface area contributed by atoms with Crippen molar-refractivity contribution in [3.8, 4) is 11.5 Å². The van der Waals surface area contributed by atoms with Crippen LogP contribution in [0.3, 0.4) is 0 Å². The third kappa shape index (κ3) is 6.64. The molecule has 1 rings (SSSR count). The van der Waals surface area contributed by atoms with Crippen LogP contribution in [0.2, 0.25) is 0 Å². The molecule has 1 aromatic rings. The molecule has 0 bridgehead atoms. The van der Waals surface area contributed by atoms with Gasteiger partial charge in [0.2, 0.25) is 11.8 Å². The Hall–Kier alpha value is -1.99. The predicted molar refractivity (Wildman–Crippen MR) is 94.5 cm³/mol. The number of methoxy groups -OCH3 is 2. The summed E-state index contributed by atoms with van der Waals surface area (Å²) in [6.45, 7) is 3.84. The summed E-state index contributed by atoms with van der Waals surface area (Å²) in [5.41, 5.74) is 6.49. The summed E-state index contributed by atoms with van der Waals surface area (Å²) in [5.74, 6) is 0.690. The molecule has 0 heterocycles. The first-order valence-corrected chi connectivity index (χ1v) is 7.40. The Labute approximate surface area is 148 Å². The molecule has 0 fully saturated rings. The zero-order chi connectivity index (χ0) is 17.4. The van der Waals surface area contributed by atoms with Crippen molar-refractivity contribution in [1.29, 1.82) is 0 Å². The monoisotopic (exact) mass is 359 g/mol. The minimum Gasteiger partial charge on any atom is -0.497 e. The molecule has 4 N–H and O–H groups in total. The SMILES string of the molecule is COc1ccc(OC)c(CNC(=O)CNC(=O)[C@@H](N)C(C)C)c1.Cl. The molecule has 0 saturated heterocycles. The number of hydrogen-bond donors (Lipinski definition) is 3. The molecule has 1 aromatic carbocycles. The van der Waals surface area contributed by atoms with Crippen molar-refractivity contribution in [3.05, 3.63) is 23.8 Å². The Morgan fingerprint density at radius 1 is 1.17 bits per heavy atom. The van der Waals surface area contributed by atoms with Gasteiger partial charge in [0.05, 0.1) is 26.8 Å². The number of rotatable bonds is 8. The van der Waals surface area contributed by atoms with Crippen LogP contribution >= 0.6 is 12.4 Å². The molecule has 24 heavy (non-hydrogen) atoms. The summed E-state index contributed by atoms with van der Waals surface area (Å²) in [4.78, 5) is 23.5. The van der Waals surface area contributed by atoms with Crippen LogP contribution < -0.4 is 25.8 Å². The number of carbonyl (C=O) groups is 2. The Morgan fingerprint density at radius 3 is 2.38 bits per heavy atom. The maximum Gasteiger partial charge on any atom is 0.239 e. The van der Waals surface area contributed by atoms with Gasteiger partial charge in [-0.15, -0.1) is 12.4 Å². The minimum atomic E-state index is -0.624. The van der Waals surface area contributed by atoms with E-state index < -0.39 is 6.04 Å². The normalized spacial score (nSPS) is 11.2. The van der Waals surface area contributed by atoms with E-state index in [0.717, 1.165) is 5.56 Å². The molecule has 136 valence electrons. The van der Waals surface area contributed by atoms with Gasteiger partial charge in [-0.3, -0.25) is 9.59 Å². The lowest BCUT2D eigenvalue weighted by molar-refractivity contribution is -0.127. The standard InChI is InChI=1S/C16H25N3O4.ClH/c1-10(2)15(17)16(21)19-9-14(20)18-8-11-7-12(22-3)5-6-13(11)23-4;/h5-7,10,15H,8-9,17H2,1-4H3,(H,18,20)(H,19,21);1H/t15-;/m0./s1. The zero-order valence-corrected chi connectivity index (χ0v) is 15.2. The van der Waals surface area contributed by atoms with Gasteiger partial charge in [-0.05, 0) is 24.1 Å². The van der Waals surface area contributed by atoms with Gasteiger partial charge in [0, 0.05) is 12.1 Å². The quantitative estimate of drug-likeness (QED) is 0.638. The maximum absolute atomic E-state index is 11.8. The topological polar surface area (TPSA) is 103 Å². The summed E-state index contributed by atoms with van der Waals surface area (Å²) >= 11 is 0. The van der Waals surface area contributed by atoms with Crippen LogP contribution in [0.1, 0.15) is 19.4 Å². The van der Waals surface area contributed by atoms with Gasteiger partial charge in [-0.1, -0.05) is 13.8 Å². The van der Waals surface area contributed by atoms with E-state index in [2.05, 4.69) is 10.6 Å². The highest BCUT2D eigenvalue weighted by atomic mass is 35.5. The number of hydrogen-bond acceptors (Lipinski definition) is 5. The van der Waals surface area contributed by atoms with E-state index >= 15 is 0 Å². The zero-order valence-electron chi connectivity index (χ0n) is 14.4. The molecule has 0 radical (unpaired) electrons. The first kappa shape index (κ1) is 22.0. The van der Waals surface area contributed by atoms with E-state index in [1.165, 1.54) is 0 Å². The van der Waals surface area contributed by atoms with Crippen molar-refractivity contribution in [2.75, 3.05) is 20.8 Å². The third-order valence-corrected chi connectivity index (χ3v) is 3.41. The predicted octanol–water partition coefficient (Wildman–Crippen LogP) is 0.841. The van der Waals surface area contributed by atoms with Crippen LogP contribution in [0.25, 0.3) is 0 Å². The lowest BCUT2D eigenvalue weighted by Crippen LogP contribution is -2.47. The Balaban J connectivity index is 0.00000529. The number of ether oxygens (including phenoxy) is 2. The van der Waals surface area contributed by atoms with E-state index in [9.17, 15) is 9.59 Å². The lowest BCUT2D eigenvalue weighted by atomic mass is 10.1. The molecule has 0 saturated carbocycles. The van der Waals surface area contributed by atoms with Crippen molar-refractivity contribution in [3.63, 3.8) is 0 Å². The summed E-state index contributed by atoms with van der Waals surface area (Å²) in [6.07, 6.45) is 0. The van der Waals surface area contributed by atoms with Crippen molar-refractivity contribution < 1.29 is 19.1 Å². The van der Waals surface area contributed by atoms with Gasteiger partial charge in [-0.25, -0.2) is 0 Å². The highest BCUT2D eigenvalue weighted by Crippen LogP contribution is 2.23. The van der Waals surface area contributed by atoms with Crippen LogP contribution in [0.15, 0.2) is 18.2 Å². The third-order valence-electron chi connectivity index (χ3n) is 3.41. The second-order valence-electron chi connectivity index (χ2n) is 5.44. The van der Waals surface area contributed by atoms with E-state index in [0.29, 0.717) is 11.5 Å². The molecule has 8 heteroatoms. The van der Waals surface area contributed by atoms with Crippen LogP contribution in [0.4, 0.5) is 0 Å². The highest BCUT2D eigenvalue weighted by molar-refractivity contribution is 5.87. The highest BCUT2D eigenvalue weighted by Gasteiger charge is 2.17. The summed E-state index contributed by atoms with van der Waals surface area (Å²) < 4.78 is 10.4. The molecule has 0 aliphatic heterocycles. The first-order valence-electron chi connectivity index (χ1n) is 7.40. The summed E-state index contributed by atoms with van der Waals surface area (Å²) in [6, 6.07) is 4.70. The molecule has 0 unspecified atom stereocenters. The molecular formula is C16H26ClN3O4. The second kappa shape index (κ2) is 10.7. The van der Waals surface area contributed by atoms with Gasteiger partial charge < -0.3 is 25.8 Å². The Morgan fingerprint density at radius 2 is 1.83 bits per heavy atom. The number of halogens is 1. The molecular weight excluding hydrogens is 334 g/mol. The average Bonchev–Trinajstić information content (AvgIpc) is 2.56. The molecule has 0 aliphatic rings. The van der Waals surface area contributed by atoms with Crippen LogP contribution in [-0.4, -0.2) is 38.6 Å². The van der Waals surface area contributed by atoms with Crippen molar-refractivity contribution >= 4 is 24.2 Å². The molecule has 2 amide bonds. The number of amides is 2. The van der Waals surface area contributed by atoms with Crippen LogP contribution in [0.5, 0.6) is 11.5 Å². The van der Waals surface area contributed by atoms with Gasteiger partial charge in [0.1, 0.15) is 11.5 Å². The average molecular weight is 360 g/mol. The van der Waals surface area contributed by atoms with E-state index in [4.69, 9.17) is 15.2 Å². The van der Waals surface area contributed by atoms with Crippen molar-refractivity contribution in [1.82, 2.24) is 10.6 Å². The smallest absolute Gasteiger partial charge is 0.239 e. The number of nitrogens with two attached hydrogens (primary N) is 1. The summed E-state index contributed by atoms with van der Waals surface area (Å²) in [7, 11) is 3.12. The van der Waals surface area contributed by atoms with Gasteiger partial charge in [0.25, 0.3) is 0 Å². The van der Waals surface area contributed by atoms with Crippen molar-refractivity contribution in [2.24, 2.45) is 11.7 Å². The molecule has 0 aliphatic carbocycles. The Kier molecular flexibility index (Phi) is 9.83. The lowest BCUT2D eigenvalue weighted by Gasteiger charge is -2.15. The fourth-order valence-corrected chi connectivity index (χ4v) is 1.86. The van der Waals surface area contributed by atoms with Crippen LogP contribution in [0, 0.1) is 5.92 Å². The largest absolute Gasteiger partial charge is 0.497 e. The summed E-state index contributed by atoms with van der Waals surface area (Å²) in [5, 5.41) is 5.24. The fraction of sp³-hybridized carbons (Fsp3) is 0.500. The van der Waals surface area contributed by atoms with E-state index in [1.807, 2.05) is 13.8 Å². The molecule has 7 nitrogen and oxygen atoms in total. The number of nitrogens with one attached hydrogen (secondary N) is 2. The Bertz CT molecular complexity index is 552. The second-order valence-corrected chi connectivity index (χ2v) is 5.44. The molecule has 1 atom stereocenters. The van der Waals surface area contributed by atoms with E-state index in [-0.39, 0.29) is 43.2 Å². The van der Waals surface area contributed by atoms with E-state index in [1.54, 1.807) is 32.4 Å². The van der Waals surface area contributed by atoms with Gasteiger partial charge >= 0.3 is 0 Å². The number of carbonyl (C=O) groups excluding carboxylic acids is 2. The van der Waals surface area contributed by atoms with Gasteiger partial charge in [0.15, 0.2) is 0 Å². The first-order chi connectivity index (χ1) is 10.9. The number of benzene rings is 1. The van der Waals surface area contributed by atoms with Crippen LogP contribution in [-0.2, 0) is 16.1 Å². The maximum atomic E-state index is 11.8. The van der Waals surface area contributed by atoms with Gasteiger partial charge in [-0.2, -0.15) is 0 Å².